The van der Waals surface area contributed by atoms with Crippen LogP contribution in [0.2, 0.25) is 0 Å². The third-order valence-corrected chi connectivity index (χ3v) is 5.04. The molecule has 1 aliphatic rings. The van der Waals surface area contributed by atoms with E-state index in [2.05, 4.69) is 0 Å². The van der Waals surface area contributed by atoms with Crippen LogP contribution in [0.1, 0.15) is 54.9 Å². The Morgan fingerprint density at radius 3 is 2.52 bits per heavy atom. The highest BCUT2D eigenvalue weighted by Gasteiger charge is 2.30. The molecule has 27 heavy (non-hydrogen) atoms. The maximum atomic E-state index is 13.3. The summed E-state index contributed by atoms with van der Waals surface area (Å²) in [4.78, 5) is 26.6. The van der Waals surface area contributed by atoms with Gasteiger partial charge in [0.25, 0.3) is 5.91 Å². The maximum Gasteiger partial charge on any atom is 0.325 e. The van der Waals surface area contributed by atoms with Crippen LogP contribution >= 0.6 is 0 Å². The molecule has 2 aromatic rings. The van der Waals surface area contributed by atoms with Gasteiger partial charge in [0.1, 0.15) is 6.54 Å². The van der Waals surface area contributed by atoms with Crippen molar-refractivity contribution in [1.82, 2.24) is 14.7 Å². The molecule has 0 saturated heterocycles. The zero-order valence-corrected chi connectivity index (χ0v) is 16.3. The number of benzene rings is 1. The summed E-state index contributed by atoms with van der Waals surface area (Å²) in [5.41, 5.74) is 3.56. The van der Waals surface area contributed by atoms with Crippen LogP contribution in [0.4, 0.5) is 0 Å². The van der Waals surface area contributed by atoms with E-state index < -0.39 is 5.97 Å². The van der Waals surface area contributed by atoms with Gasteiger partial charge in [-0.2, -0.15) is 5.10 Å². The van der Waals surface area contributed by atoms with Gasteiger partial charge in [0.2, 0.25) is 0 Å². The van der Waals surface area contributed by atoms with Crippen LogP contribution < -0.4 is 0 Å². The highest BCUT2D eigenvalue weighted by atomic mass is 16.5. The summed E-state index contributed by atoms with van der Waals surface area (Å²) in [5.74, 6) is -0.631. The van der Waals surface area contributed by atoms with E-state index in [1.807, 2.05) is 48.9 Å². The molecule has 6 heteroatoms. The van der Waals surface area contributed by atoms with Crippen molar-refractivity contribution in [2.45, 2.75) is 52.0 Å². The number of hydrogen-bond acceptors (Lipinski definition) is 4. The minimum absolute atomic E-state index is 0.0695. The first-order valence-corrected chi connectivity index (χ1v) is 9.57. The summed E-state index contributed by atoms with van der Waals surface area (Å²) in [6.45, 7) is 3.72. The lowest BCUT2D eigenvalue weighted by Crippen LogP contribution is -2.41. The van der Waals surface area contributed by atoms with Gasteiger partial charge in [-0.05, 0) is 51.7 Å². The van der Waals surface area contributed by atoms with E-state index in [0.717, 1.165) is 49.0 Å². The molecule has 0 unspecified atom stereocenters. The van der Waals surface area contributed by atoms with Crippen LogP contribution in [0, 0.1) is 0 Å². The Labute approximate surface area is 160 Å². The third kappa shape index (κ3) is 4.04. The number of aromatic nitrogens is 2. The quantitative estimate of drug-likeness (QED) is 0.600. The summed E-state index contributed by atoms with van der Waals surface area (Å²) >= 11 is 0. The van der Waals surface area contributed by atoms with Gasteiger partial charge in [0.05, 0.1) is 12.8 Å². The Morgan fingerprint density at radius 1 is 1.15 bits per heavy atom. The molecule has 0 N–H and O–H groups in total. The number of nitrogens with zero attached hydrogens (tertiary/aromatic N) is 3. The monoisotopic (exact) mass is 369 g/mol. The van der Waals surface area contributed by atoms with Crippen LogP contribution in [0.3, 0.4) is 0 Å². The summed E-state index contributed by atoms with van der Waals surface area (Å²) in [6.07, 6.45) is 5.03. The predicted octanol–water partition coefficient (Wildman–Crippen LogP) is 3.16. The number of carbonyl (C=O) groups excluding carboxylic acids is 2. The van der Waals surface area contributed by atoms with Crippen molar-refractivity contribution in [3.8, 4) is 5.69 Å². The summed E-state index contributed by atoms with van der Waals surface area (Å²) in [7, 11) is 1.33. The molecule has 144 valence electrons. The van der Waals surface area contributed by atoms with Crippen molar-refractivity contribution >= 4 is 11.9 Å². The predicted molar refractivity (Wildman–Crippen MR) is 103 cm³/mol. The van der Waals surface area contributed by atoms with E-state index in [4.69, 9.17) is 9.84 Å². The highest BCUT2D eigenvalue weighted by molar-refractivity contribution is 5.96. The van der Waals surface area contributed by atoms with E-state index >= 15 is 0 Å². The maximum absolute atomic E-state index is 13.3. The molecule has 1 aliphatic carbocycles. The van der Waals surface area contributed by atoms with Gasteiger partial charge < -0.3 is 9.64 Å². The van der Waals surface area contributed by atoms with Gasteiger partial charge in [-0.1, -0.05) is 24.6 Å². The molecule has 1 amide bonds. The molecule has 0 atom stereocenters. The van der Waals surface area contributed by atoms with Crippen LogP contribution in [0.15, 0.2) is 30.3 Å². The zero-order valence-electron chi connectivity index (χ0n) is 16.3. The number of amides is 1. The fraction of sp³-hybridized carbons (Fsp3) is 0.476. The molecular formula is C21H27N3O3. The van der Waals surface area contributed by atoms with Gasteiger partial charge in [-0.3, -0.25) is 9.59 Å². The second kappa shape index (κ2) is 8.37. The second-order valence-corrected chi connectivity index (χ2v) is 7.18. The van der Waals surface area contributed by atoms with Gasteiger partial charge in [-0.15, -0.1) is 0 Å². The number of para-hydroxylation sites is 1. The van der Waals surface area contributed by atoms with E-state index in [1.54, 1.807) is 0 Å². The lowest BCUT2D eigenvalue weighted by molar-refractivity contribution is -0.141. The molecular weight excluding hydrogens is 342 g/mol. The Kier molecular flexibility index (Phi) is 5.94. The number of carbonyl (C=O) groups is 2. The van der Waals surface area contributed by atoms with Crippen LogP contribution in [0.25, 0.3) is 5.69 Å². The Morgan fingerprint density at radius 2 is 1.85 bits per heavy atom. The van der Waals surface area contributed by atoms with Crippen molar-refractivity contribution in [3.63, 3.8) is 0 Å². The molecule has 0 spiro atoms. The van der Waals surface area contributed by atoms with Crippen molar-refractivity contribution in [1.29, 1.82) is 0 Å². The Hall–Kier alpha value is -2.63. The lowest BCUT2D eigenvalue weighted by atomic mass is 10.1. The number of methoxy groups -OCH3 is 1. The Bertz CT molecular complexity index is 812. The smallest absolute Gasteiger partial charge is 0.325 e. The molecule has 1 aromatic carbocycles. The molecule has 3 rings (SSSR count). The molecule has 6 nitrogen and oxygen atoms in total. The second-order valence-electron chi connectivity index (χ2n) is 7.18. The van der Waals surface area contributed by atoms with Crippen LogP contribution in [0.5, 0.6) is 0 Å². The van der Waals surface area contributed by atoms with Crippen LogP contribution in [-0.4, -0.2) is 46.3 Å². The fourth-order valence-corrected chi connectivity index (χ4v) is 3.56. The van der Waals surface area contributed by atoms with E-state index in [0.29, 0.717) is 5.69 Å². The molecule has 0 fully saturated rings. The number of esters is 1. The number of ether oxygens (including phenoxy) is 1. The summed E-state index contributed by atoms with van der Waals surface area (Å²) < 4.78 is 6.67. The molecule has 0 aliphatic heterocycles. The van der Waals surface area contributed by atoms with E-state index in [1.165, 1.54) is 12.0 Å². The first-order valence-electron chi connectivity index (χ1n) is 9.57. The number of rotatable bonds is 5. The minimum atomic E-state index is -0.425. The van der Waals surface area contributed by atoms with Gasteiger partial charge >= 0.3 is 5.97 Å². The average Bonchev–Trinajstić information content (AvgIpc) is 2.86. The topological polar surface area (TPSA) is 64.4 Å². The highest BCUT2D eigenvalue weighted by Crippen LogP contribution is 2.27. The van der Waals surface area contributed by atoms with Gasteiger partial charge in [0, 0.05) is 17.3 Å². The van der Waals surface area contributed by atoms with Gasteiger partial charge in [-0.25, -0.2) is 4.68 Å². The summed E-state index contributed by atoms with van der Waals surface area (Å²) in [6, 6.07) is 9.79. The SMILES string of the molecule is COC(=O)CN(C(=O)c1nn(-c2ccccc2)c2c1CCCCC2)C(C)C. The molecule has 0 radical (unpaired) electrons. The Balaban J connectivity index is 2.05. The normalized spacial score (nSPS) is 13.8. The zero-order chi connectivity index (χ0) is 19.4. The number of fused-ring (bicyclic) bond motifs is 1. The molecule has 0 bridgehead atoms. The van der Waals surface area contributed by atoms with Crippen molar-refractivity contribution in [2.75, 3.05) is 13.7 Å². The van der Waals surface area contributed by atoms with Crippen molar-refractivity contribution in [3.05, 3.63) is 47.3 Å². The first kappa shape index (κ1) is 19.1. The third-order valence-electron chi connectivity index (χ3n) is 5.04. The van der Waals surface area contributed by atoms with Crippen molar-refractivity contribution in [2.24, 2.45) is 0 Å². The van der Waals surface area contributed by atoms with Crippen molar-refractivity contribution < 1.29 is 14.3 Å². The summed E-state index contributed by atoms with van der Waals surface area (Å²) in [5, 5.41) is 4.71. The fourth-order valence-electron chi connectivity index (χ4n) is 3.56. The largest absolute Gasteiger partial charge is 0.468 e. The van der Waals surface area contributed by atoms with E-state index in [-0.39, 0.29) is 18.5 Å². The molecule has 1 aromatic heterocycles. The molecule has 1 heterocycles. The van der Waals surface area contributed by atoms with Crippen LogP contribution in [-0.2, 0) is 22.4 Å². The standard InChI is InChI=1S/C21H27N3O3/c1-15(2)23(14-19(25)27-3)21(26)20-17-12-8-5-9-13-18(17)24(22-20)16-10-6-4-7-11-16/h4,6-7,10-11,15H,5,8-9,12-14H2,1-3H3. The van der Waals surface area contributed by atoms with E-state index in [9.17, 15) is 9.59 Å². The van der Waals surface area contributed by atoms with Gasteiger partial charge in [0.15, 0.2) is 5.69 Å². The first-order chi connectivity index (χ1) is 13.0. The average molecular weight is 369 g/mol. The molecule has 0 saturated carbocycles. The number of hydrogen-bond donors (Lipinski definition) is 0. The minimum Gasteiger partial charge on any atom is -0.468 e. The lowest BCUT2D eigenvalue weighted by Gasteiger charge is -2.25.